The smallest absolute Gasteiger partial charge is 0.266 e. The zero-order chi connectivity index (χ0) is 21.9. The second kappa shape index (κ2) is 11.3. The van der Waals surface area contributed by atoms with Crippen LogP contribution in [0.5, 0.6) is 11.5 Å². The Hall–Kier alpha value is -3.79. The standard InChI is InChI=1S/C23H25N3O4/c1-4-5-12-30-22-14-17(6-11-21(22)29-3)13-18(15-24)23(28)26-20-9-7-19(8-10-20)25-16(2)27/h6-11,13-14H,4-5,12H2,1-3H3,(H,25,27)(H,26,28)/b18-13+. The SMILES string of the molecule is CCCCOc1cc(/C=C(\C#N)C(=O)Nc2ccc(NC(C)=O)cc2)ccc1OC. The van der Waals surface area contributed by atoms with Crippen LogP contribution in [0.15, 0.2) is 48.0 Å². The monoisotopic (exact) mass is 407 g/mol. The van der Waals surface area contributed by atoms with Crippen LogP contribution in [0.25, 0.3) is 6.08 Å². The van der Waals surface area contributed by atoms with Gasteiger partial charge in [-0.05, 0) is 54.5 Å². The molecule has 30 heavy (non-hydrogen) atoms. The average Bonchev–Trinajstić information content (AvgIpc) is 2.73. The number of nitrogens with zero attached hydrogens (tertiary/aromatic N) is 1. The van der Waals surface area contributed by atoms with Gasteiger partial charge in [0.15, 0.2) is 11.5 Å². The van der Waals surface area contributed by atoms with Crippen LogP contribution in [0.4, 0.5) is 11.4 Å². The summed E-state index contributed by atoms with van der Waals surface area (Å²) in [4.78, 5) is 23.6. The number of methoxy groups -OCH3 is 1. The summed E-state index contributed by atoms with van der Waals surface area (Å²) >= 11 is 0. The van der Waals surface area contributed by atoms with Gasteiger partial charge >= 0.3 is 0 Å². The summed E-state index contributed by atoms with van der Waals surface area (Å²) in [5.41, 5.74) is 1.72. The topological polar surface area (TPSA) is 100 Å². The fraction of sp³-hybridized carbons (Fsp3) is 0.261. The molecule has 0 heterocycles. The van der Waals surface area contributed by atoms with E-state index in [1.165, 1.54) is 13.0 Å². The number of hydrogen-bond acceptors (Lipinski definition) is 5. The molecule has 2 rings (SSSR count). The van der Waals surface area contributed by atoms with E-state index in [0.29, 0.717) is 35.0 Å². The Morgan fingerprint density at radius 2 is 1.73 bits per heavy atom. The van der Waals surface area contributed by atoms with Crippen LogP contribution < -0.4 is 20.1 Å². The largest absolute Gasteiger partial charge is 0.493 e. The van der Waals surface area contributed by atoms with Gasteiger partial charge in [-0.25, -0.2) is 0 Å². The zero-order valence-corrected chi connectivity index (χ0v) is 17.3. The van der Waals surface area contributed by atoms with Crippen molar-refractivity contribution in [2.45, 2.75) is 26.7 Å². The van der Waals surface area contributed by atoms with Crippen molar-refractivity contribution in [2.75, 3.05) is 24.4 Å². The number of nitrogens with one attached hydrogen (secondary N) is 2. The molecule has 0 aromatic heterocycles. The van der Waals surface area contributed by atoms with E-state index in [-0.39, 0.29) is 11.5 Å². The summed E-state index contributed by atoms with van der Waals surface area (Å²) in [5.74, 6) is 0.435. The summed E-state index contributed by atoms with van der Waals surface area (Å²) in [6, 6.07) is 13.8. The second-order valence-electron chi connectivity index (χ2n) is 6.49. The highest BCUT2D eigenvalue weighted by atomic mass is 16.5. The van der Waals surface area contributed by atoms with E-state index < -0.39 is 5.91 Å². The Balaban J connectivity index is 2.15. The summed E-state index contributed by atoms with van der Waals surface area (Å²) < 4.78 is 11.1. The van der Waals surface area contributed by atoms with Gasteiger partial charge in [-0.2, -0.15) is 5.26 Å². The molecule has 156 valence electrons. The molecule has 0 bridgehead atoms. The molecule has 7 nitrogen and oxygen atoms in total. The molecule has 0 fully saturated rings. The quantitative estimate of drug-likeness (QED) is 0.365. The number of rotatable bonds is 9. The van der Waals surface area contributed by atoms with E-state index in [1.807, 2.05) is 6.07 Å². The lowest BCUT2D eigenvalue weighted by Crippen LogP contribution is -2.13. The van der Waals surface area contributed by atoms with Gasteiger partial charge in [0, 0.05) is 18.3 Å². The van der Waals surface area contributed by atoms with Gasteiger partial charge in [-0.3, -0.25) is 9.59 Å². The maximum Gasteiger partial charge on any atom is 0.266 e. The molecular weight excluding hydrogens is 382 g/mol. The number of unbranched alkanes of at least 4 members (excludes halogenated alkanes) is 1. The fourth-order valence-electron chi connectivity index (χ4n) is 2.58. The Morgan fingerprint density at radius 3 is 2.30 bits per heavy atom. The lowest BCUT2D eigenvalue weighted by atomic mass is 10.1. The van der Waals surface area contributed by atoms with E-state index in [2.05, 4.69) is 17.6 Å². The van der Waals surface area contributed by atoms with E-state index in [1.54, 1.807) is 49.6 Å². The fourth-order valence-corrected chi connectivity index (χ4v) is 2.58. The third-order valence-electron chi connectivity index (χ3n) is 4.08. The van der Waals surface area contributed by atoms with Crippen LogP contribution in [0.2, 0.25) is 0 Å². The minimum Gasteiger partial charge on any atom is -0.493 e. The van der Waals surface area contributed by atoms with Crippen LogP contribution in [0.1, 0.15) is 32.3 Å². The zero-order valence-electron chi connectivity index (χ0n) is 17.3. The van der Waals surface area contributed by atoms with Crippen LogP contribution in [-0.4, -0.2) is 25.5 Å². The highest BCUT2D eigenvalue weighted by Crippen LogP contribution is 2.29. The predicted octanol–water partition coefficient (Wildman–Crippen LogP) is 4.38. The first-order chi connectivity index (χ1) is 14.5. The van der Waals surface area contributed by atoms with Gasteiger partial charge in [0.1, 0.15) is 11.6 Å². The van der Waals surface area contributed by atoms with Crippen molar-refractivity contribution in [2.24, 2.45) is 0 Å². The first-order valence-electron chi connectivity index (χ1n) is 9.58. The molecule has 0 aliphatic rings. The van der Waals surface area contributed by atoms with Crippen LogP contribution in [-0.2, 0) is 9.59 Å². The number of carbonyl (C=O) groups excluding carboxylic acids is 2. The molecule has 0 unspecified atom stereocenters. The number of hydrogen-bond donors (Lipinski definition) is 2. The Kier molecular flexibility index (Phi) is 8.45. The lowest BCUT2D eigenvalue weighted by Gasteiger charge is -2.11. The van der Waals surface area contributed by atoms with E-state index >= 15 is 0 Å². The highest BCUT2D eigenvalue weighted by Gasteiger charge is 2.11. The van der Waals surface area contributed by atoms with Crippen molar-refractivity contribution < 1.29 is 19.1 Å². The van der Waals surface area contributed by atoms with Gasteiger partial charge in [0.2, 0.25) is 5.91 Å². The molecule has 2 aromatic rings. The van der Waals surface area contributed by atoms with Gasteiger partial charge < -0.3 is 20.1 Å². The molecule has 0 saturated heterocycles. The van der Waals surface area contributed by atoms with Gasteiger partial charge in [0.05, 0.1) is 13.7 Å². The molecule has 7 heteroatoms. The maximum atomic E-state index is 12.5. The van der Waals surface area contributed by atoms with Crippen LogP contribution >= 0.6 is 0 Å². The predicted molar refractivity (Wildman–Crippen MR) is 116 cm³/mol. The third-order valence-corrected chi connectivity index (χ3v) is 4.08. The summed E-state index contributed by atoms with van der Waals surface area (Å²) in [6.07, 6.45) is 3.41. The van der Waals surface area contributed by atoms with Crippen LogP contribution in [0.3, 0.4) is 0 Å². The van der Waals surface area contributed by atoms with Gasteiger partial charge in [-0.1, -0.05) is 19.4 Å². The summed E-state index contributed by atoms with van der Waals surface area (Å²) in [7, 11) is 1.56. The number of ether oxygens (including phenoxy) is 2. The highest BCUT2D eigenvalue weighted by molar-refractivity contribution is 6.09. The van der Waals surface area contributed by atoms with Gasteiger partial charge in [-0.15, -0.1) is 0 Å². The third kappa shape index (κ3) is 6.67. The molecule has 0 radical (unpaired) electrons. The Bertz CT molecular complexity index is 959. The van der Waals surface area contributed by atoms with Crippen LogP contribution in [0, 0.1) is 11.3 Å². The Morgan fingerprint density at radius 1 is 1.07 bits per heavy atom. The first-order valence-corrected chi connectivity index (χ1v) is 9.58. The molecular formula is C23H25N3O4. The average molecular weight is 407 g/mol. The first kappa shape index (κ1) is 22.5. The van der Waals surface area contributed by atoms with Crippen molar-refractivity contribution in [1.29, 1.82) is 5.26 Å². The molecule has 2 amide bonds. The number of benzene rings is 2. The molecule has 0 aliphatic carbocycles. The van der Waals surface area contributed by atoms with E-state index in [0.717, 1.165) is 12.8 Å². The molecule has 0 saturated carbocycles. The number of anilines is 2. The number of nitriles is 1. The van der Waals surface area contributed by atoms with Crippen molar-refractivity contribution in [1.82, 2.24) is 0 Å². The lowest BCUT2D eigenvalue weighted by molar-refractivity contribution is -0.114. The Labute approximate surface area is 176 Å². The van der Waals surface area contributed by atoms with Crippen molar-refractivity contribution in [3.05, 3.63) is 53.6 Å². The molecule has 2 N–H and O–H groups in total. The number of amides is 2. The van der Waals surface area contributed by atoms with Crippen molar-refractivity contribution in [3.8, 4) is 17.6 Å². The van der Waals surface area contributed by atoms with E-state index in [9.17, 15) is 14.9 Å². The van der Waals surface area contributed by atoms with E-state index in [4.69, 9.17) is 9.47 Å². The molecule has 2 aromatic carbocycles. The van der Waals surface area contributed by atoms with Gasteiger partial charge in [0.25, 0.3) is 5.91 Å². The maximum absolute atomic E-state index is 12.5. The van der Waals surface area contributed by atoms with Crippen molar-refractivity contribution >= 4 is 29.3 Å². The minimum atomic E-state index is -0.533. The van der Waals surface area contributed by atoms with Crippen molar-refractivity contribution in [3.63, 3.8) is 0 Å². The molecule has 0 atom stereocenters. The molecule has 0 aliphatic heterocycles. The summed E-state index contributed by atoms with van der Waals surface area (Å²) in [5, 5.41) is 14.8. The second-order valence-corrected chi connectivity index (χ2v) is 6.49. The summed E-state index contributed by atoms with van der Waals surface area (Å²) in [6.45, 7) is 4.05. The minimum absolute atomic E-state index is 0.0504. The normalized spacial score (nSPS) is 10.7. The number of carbonyl (C=O) groups is 2. The molecule has 0 spiro atoms.